The van der Waals surface area contributed by atoms with Gasteiger partial charge in [-0.2, -0.15) is 0 Å². The lowest BCUT2D eigenvalue weighted by Gasteiger charge is -2.21. The number of amides is 1. The quantitative estimate of drug-likeness (QED) is 0.622. The molecule has 1 rings (SSSR count). The molecule has 4 nitrogen and oxygen atoms in total. The van der Waals surface area contributed by atoms with Gasteiger partial charge in [-0.15, -0.1) is 24.8 Å². The van der Waals surface area contributed by atoms with Crippen LogP contribution in [-0.2, 0) is 4.79 Å². The summed E-state index contributed by atoms with van der Waals surface area (Å²) in [5.74, 6) is 0.941. The Hall–Kier alpha value is -0.840. The van der Waals surface area contributed by atoms with Gasteiger partial charge >= 0.3 is 0 Å². The first-order valence-electron chi connectivity index (χ1n) is 8.01. The molecular weight excluding hydrogens is 333 g/mol. The number of carbonyl (C=O) groups is 1. The minimum atomic E-state index is 0. The predicted octanol–water partition coefficient (Wildman–Crippen LogP) is 3.69. The van der Waals surface area contributed by atoms with Crippen LogP contribution < -0.4 is 11.1 Å². The van der Waals surface area contributed by atoms with Crippen molar-refractivity contribution in [2.24, 2.45) is 11.7 Å². The van der Waals surface area contributed by atoms with Crippen LogP contribution >= 0.6 is 24.8 Å². The van der Waals surface area contributed by atoms with E-state index in [0.717, 1.165) is 32.2 Å². The maximum absolute atomic E-state index is 11.9. The number of pyridine rings is 1. The number of unbranched alkanes of at least 4 members (excludes halogenated alkanes) is 3. The molecule has 23 heavy (non-hydrogen) atoms. The Morgan fingerprint density at radius 3 is 2.48 bits per heavy atom. The van der Waals surface area contributed by atoms with Gasteiger partial charge in [-0.05, 0) is 36.9 Å². The number of carbonyl (C=O) groups excluding carboxylic acids is 1. The molecule has 1 atom stereocenters. The number of halogens is 2. The maximum Gasteiger partial charge on any atom is 0.220 e. The molecule has 0 spiro atoms. The molecule has 0 radical (unpaired) electrons. The van der Waals surface area contributed by atoms with Crippen LogP contribution in [-0.4, -0.2) is 24.0 Å². The van der Waals surface area contributed by atoms with Crippen molar-refractivity contribution >= 4 is 30.7 Å². The Kier molecular flexibility index (Phi) is 15.6. The van der Waals surface area contributed by atoms with Gasteiger partial charge in [0.1, 0.15) is 0 Å². The Morgan fingerprint density at radius 2 is 1.91 bits per heavy atom. The summed E-state index contributed by atoms with van der Waals surface area (Å²) in [6, 6.07) is 4.03. The molecule has 1 aromatic heterocycles. The number of nitrogens with zero attached hydrogens (tertiary/aromatic N) is 1. The summed E-state index contributed by atoms with van der Waals surface area (Å²) in [7, 11) is 0. The van der Waals surface area contributed by atoms with Crippen molar-refractivity contribution in [2.45, 2.75) is 51.9 Å². The summed E-state index contributed by atoms with van der Waals surface area (Å²) in [5, 5.41) is 3.06. The minimum absolute atomic E-state index is 0. The van der Waals surface area contributed by atoms with Crippen LogP contribution in [0.1, 0.15) is 57.4 Å². The molecule has 3 N–H and O–H groups in total. The second-order valence-electron chi connectivity index (χ2n) is 5.89. The fourth-order valence-electron chi connectivity index (χ4n) is 2.43. The molecule has 0 aliphatic rings. The van der Waals surface area contributed by atoms with Crippen LogP contribution in [0.2, 0.25) is 0 Å². The average Bonchev–Trinajstić information content (AvgIpc) is 2.48. The number of nitrogens with one attached hydrogen (secondary N) is 1. The van der Waals surface area contributed by atoms with Crippen LogP contribution in [0.3, 0.4) is 0 Å². The van der Waals surface area contributed by atoms with E-state index in [9.17, 15) is 4.79 Å². The molecular formula is C17H31Cl2N3O. The molecule has 0 aliphatic heterocycles. The third kappa shape index (κ3) is 10.5. The first kappa shape index (κ1) is 24.4. The standard InChI is InChI=1S/C17H29N3O.2ClH/c1-14(2)16(15-8-7-11-19-12-15)13-20-17(21)9-5-3-4-6-10-18;;/h7-8,11-12,14,16H,3-6,9-10,13,18H2,1-2H3,(H,20,21);2*1H. The highest BCUT2D eigenvalue weighted by atomic mass is 35.5. The fraction of sp³-hybridized carbons (Fsp3) is 0.647. The Morgan fingerprint density at radius 1 is 1.22 bits per heavy atom. The highest BCUT2D eigenvalue weighted by Crippen LogP contribution is 2.22. The summed E-state index contributed by atoms with van der Waals surface area (Å²) in [6.45, 7) is 5.78. The number of aromatic nitrogens is 1. The zero-order chi connectivity index (χ0) is 15.5. The van der Waals surface area contributed by atoms with Crippen molar-refractivity contribution < 1.29 is 4.79 Å². The van der Waals surface area contributed by atoms with Crippen LogP contribution in [0.15, 0.2) is 24.5 Å². The molecule has 0 aliphatic carbocycles. The number of nitrogens with two attached hydrogens (primary N) is 1. The van der Waals surface area contributed by atoms with Crippen molar-refractivity contribution in [1.82, 2.24) is 10.3 Å². The lowest BCUT2D eigenvalue weighted by molar-refractivity contribution is -0.121. The van der Waals surface area contributed by atoms with E-state index in [4.69, 9.17) is 5.73 Å². The highest BCUT2D eigenvalue weighted by molar-refractivity contribution is 5.85. The molecule has 6 heteroatoms. The topological polar surface area (TPSA) is 68.0 Å². The molecule has 1 aromatic rings. The fourth-order valence-corrected chi connectivity index (χ4v) is 2.43. The van der Waals surface area contributed by atoms with Gasteiger partial charge in [-0.25, -0.2) is 0 Å². The molecule has 0 saturated carbocycles. The molecule has 1 amide bonds. The van der Waals surface area contributed by atoms with Gasteiger partial charge in [0.15, 0.2) is 0 Å². The van der Waals surface area contributed by atoms with Crippen molar-refractivity contribution in [2.75, 3.05) is 13.1 Å². The second kappa shape index (κ2) is 14.7. The van der Waals surface area contributed by atoms with Crippen LogP contribution in [0.25, 0.3) is 0 Å². The van der Waals surface area contributed by atoms with E-state index in [1.54, 1.807) is 6.20 Å². The summed E-state index contributed by atoms with van der Waals surface area (Å²) >= 11 is 0. The van der Waals surface area contributed by atoms with Gasteiger partial charge in [0.25, 0.3) is 0 Å². The van der Waals surface area contributed by atoms with Gasteiger partial charge in [-0.3, -0.25) is 9.78 Å². The van der Waals surface area contributed by atoms with Gasteiger partial charge in [-0.1, -0.05) is 32.8 Å². The highest BCUT2D eigenvalue weighted by Gasteiger charge is 2.16. The monoisotopic (exact) mass is 363 g/mol. The Bertz CT molecular complexity index is 402. The molecule has 0 aromatic carbocycles. The first-order chi connectivity index (χ1) is 10.1. The van der Waals surface area contributed by atoms with Crippen molar-refractivity contribution in [3.63, 3.8) is 0 Å². The van der Waals surface area contributed by atoms with E-state index in [2.05, 4.69) is 30.2 Å². The van der Waals surface area contributed by atoms with Gasteiger partial charge in [0.2, 0.25) is 5.91 Å². The van der Waals surface area contributed by atoms with E-state index in [1.807, 2.05) is 12.3 Å². The molecule has 0 saturated heterocycles. The molecule has 1 unspecified atom stereocenters. The number of hydrogen-bond donors (Lipinski definition) is 2. The Balaban J connectivity index is 0. The van der Waals surface area contributed by atoms with E-state index in [1.165, 1.54) is 5.56 Å². The van der Waals surface area contributed by atoms with Gasteiger partial charge < -0.3 is 11.1 Å². The zero-order valence-electron chi connectivity index (χ0n) is 14.2. The van der Waals surface area contributed by atoms with Gasteiger partial charge in [0.05, 0.1) is 0 Å². The summed E-state index contributed by atoms with van der Waals surface area (Å²) in [6.07, 6.45) is 8.49. The summed E-state index contributed by atoms with van der Waals surface area (Å²) in [4.78, 5) is 16.1. The van der Waals surface area contributed by atoms with Crippen molar-refractivity contribution in [3.8, 4) is 0 Å². The van der Waals surface area contributed by atoms with Crippen LogP contribution in [0.4, 0.5) is 0 Å². The van der Waals surface area contributed by atoms with E-state index >= 15 is 0 Å². The van der Waals surface area contributed by atoms with E-state index in [-0.39, 0.29) is 30.7 Å². The molecule has 0 bridgehead atoms. The number of hydrogen-bond acceptors (Lipinski definition) is 3. The van der Waals surface area contributed by atoms with Crippen LogP contribution in [0.5, 0.6) is 0 Å². The molecule has 134 valence electrons. The molecule has 1 heterocycles. The largest absolute Gasteiger partial charge is 0.355 e. The average molecular weight is 364 g/mol. The first-order valence-corrected chi connectivity index (χ1v) is 8.01. The van der Waals surface area contributed by atoms with Crippen molar-refractivity contribution in [3.05, 3.63) is 30.1 Å². The normalized spacial score (nSPS) is 11.3. The van der Waals surface area contributed by atoms with Crippen molar-refractivity contribution in [1.29, 1.82) is 0 Å². The number of rotatable bonds is 10. The summed E-state index contributed by atoms with van der Waals surface area (Å²) in [5.41, 5.74) is 6.64. The lowest BCUT2D eigenvalue weighted by Crippen LogP contribution is -2.30. The summed E-state index contributed by atoms with van der Waals surface area (Å²) < 4.78 is 0. The minimum Gasteiger partial charge on any atom is -0.355 e. The second-order valence-corrected chi connectivity index (χ2v) is 5.89. The van der Waals surface area contributed by atoms with Crippen LogP contribution in [0, 0.1) is 5.92 Å². The SMILES string of the molecule is CC(C)C(CNC(=O)CCCCCCN)c1cccnc1.Cl.Cl. The molecule has 0 fully saturated rings. The zero-order valence-corrected chi connectivity index (χ0v) is 15.8. The third-order valence-corrected chi connectivity index (χ3v) is 3.79. The lowest BCUT2D eigenvalue weighted by atomic mass is 9.89. The van der Waals surface area contributed by atoms with Gasteiger partial charge in [0, 0.05) is 31.3 Å². The Labute approximate surface area is 152 Å². The smallest absolute Gasteiger partial charge is 0.220 e. The third-order valence-electron chi connectivity index (χ3n) is 3.79. The van der Waals surface area contributed by atoms with E-state index in [0.29, 0.717) is 24.8 Å². The van der Waals surface area contributed by atoms with E-state index < -0.39 is 0 Å². The predicted molar refractivity (Wildman–Crippen MR) is 101 cm³/mol. The maximum atomic E-state index is 11.9.